The number of nitrogens with one attached hydrogen (secondary N) is 1. The summed E-state index contributed by atoms with van der Waals surface area (Å²) in [6.07, 6.45) is 19.4. The lowest BCUT2D eigenvalue weighted by Gasteiger charge is -2.04. The molecule has 0 fully saturated rings. The van der Waals surface area contributed by atoms with Crippen LogP contribution in [-0.2, 0) is 4.79 Å². The van der Waals surface area contributed by atoms with E-state index in [-0.39, 0.29) is 0 Å². The number of carboxylic acids is 1. The first-order chi connectivity index (χ1) is 11.6. The molecule has 0 aliphatic carbocycles. The highest BCUT2D eigenvalue weighted by Gasteiger charge is 1.97. The SMILES string of the molecule is O=C(O)CCCCCCCCCCCCCCCCCNC(=S)S. The average molecular weight is 376 g/mol. The van der Waals surface area contributed by atoms with Gasteiger partial charge in [-0.3, -0.25) is 4.79 Å². The highest BCUT2D eigenvalue weighted by atomic mass is 32.1. The minimum atomic E-state index is -0.662. The highest BCUT2D eigenvalue weighted by molar-refractivity contribution is 8.11. The van der Waals surface area contributed by atoms with Crippen LogP contribution >= 0.6 is 24.8 Å². The van der Waals surface area contributed by atoms with E-state index in [2.05, 4.69) is 17.9 Å². The summed E-state index contributed by atoms with van der Waals surface area (Å²) in [5.74, 6) is -0.662. The number of thiol groups is 1. The first kappa shape index (κ1) is 23.7. The van der Waals surface area contributed by atoms with E-state index < -0.39 is 5.97 Å². The predicted octanol–water partition coefficient (Wildman–Crippen LogP) is 6.12. The molecule has 5 heteroatoms. The molecule has 0 aromatic rings. The maximum Gasteiger partial charge on any atom is 0.303 e. The Kier molecular flexibility index (Phi) is 18.8. The Labute approximate surface area is 159 Å². The van der Waals surface area contributed by atoms with Crippen molar-refractivity contribution < 1.29 is 9.90 Å². The molecule has 0 atom stereocenters. The number of unbranched alkanes of at least 4 members (excludes halogenated alkanes) is 14. The third-order valence-electron chi connectivity index (χ3n) is 4.34. The number of hydrogen-bond acceptors (Lipinski definition) is 2. The lowest BCUT2D eigenvalue weighted by atomic mass is 10.0. The molecule has 0 radical (unpaired) electrons. The van der Waals surface area contributed by atoms with Crippen molar-refractivity contribution in [2.75, 3.05) is 6.54 Å². The van der Waals surface area contributed by atoms with Crippen LogP contribution in [0.3, 0.4) is 0 Å². The molecule has 0 saturated heterocycles. The van der Waals surface area contributed by atoms with Crippen LogP contribution in [0.4, 0.5) is 0 Å². The van der Waals surface area contributed by atoms with E-state index >= 15 is 0 Å². The topological polar surface area (TPSA) is 49.3 Å². The van der Waals surface area contributed by atoms with E-state index in [1.165, 1.54) is 83.5 Å². The third kappa shape index (κ3) is 21.7. The second-order valence-electron chi connectivity index (χ2n) is 6.68. The number of carbonyl (C=O) groups is 1. The normalized spacial score (nSPS) is 10.7. The highest BCUT2D eigenvalue weighted by Crippen LogP contribution is 2.13. The molecule has 0 aromatic heterocycles. The molecule has 0 bridgehead atoms. The van der Waals surface area contributed by atoms with Crippen LogP contribution in [0.1, 0.15) is 103 Å². The summed E-state index contributed by atoms with van der Waals surface area (Å²) < 4.78 is 0.605. The average Bonchev–Trinajstić information content (AvgIpc) is 2.53. The van der Waals surface area contributed by atoms with Gasteiger partial charge in [-0.05, 0) is 12.8 Å². The number of rotatable bonds is 18. The van der Waals surface area contributed by atoms with Crippen LogP contribution < -0.4 is 5.32 Å². The monoisotopic (exact) mass is 375 g/mol. The molecule has 0 aliphatic rings. The standard InChI is InChI=1S/C19H37NO2S2/c21-18(22)16-14-12-10-8-6-4-2-1-3-5-7-9-11-13-15-17-20-19(23)24/h1-17H2,(H,21,22)(H2,20,23,24). The summed E-state index contributed by atoms with van der Waals surface area (Å²) in [4.78, 5) is 10.4. The van der Waals surface area contributed by atoms with Crippen LogP contribution in [0, 0.1) is 0 Å². The van der Waals surface area contributed by atoms with Gasteiger partial charge in [-0.15, -0.1) is 12.6 Å². The van der Waals surface area contributed by atoms with Gasteiger partial charge in [0, 0.05) is 13.0 Å². The van der Waals surface area contributed by atoms with E-state index in [0.29, 0.717) is 10.7 Å². The zero-order chi connectivity index (χ0) is 17.9. The van der Waals surface area contributed by atoms with E-state index in [1.807, 2.05) is 0 Å². The van der Waals surface area contributed by atoms with Crippen LogP contribution in [0.2, 0.25) is 0 Å². The quantitative estimate of drug-likeness (QED) is 0.153. The molecule has 0 spiro atoms. The molecule has 0 aromatic carbocycles. The third-order valence-corrected chi connectivity index (χ3v) is 4.65. The van der Waals surface area contributed by atoms with Crippen molar-refractivity contribution in [3.8, 4) is 0 Å². The Balaban J connectivity index is 3.00. The van der Waals surface area contributed by atoms with Gasteiger partial charge in [-0.25, -0.2) is 0 Å². The van der Waals surface area contributed by atoms with Gasteiger partial charge in [0.25, 0.3) is 0 Å². The number of carboxylic acid groups (broad SMARTS) is 1. The number of aliphatic carboxylic acids is 1. The van der Waals surface area contributed by atoms with Crippen molar-refractivity contribution >= 4 is 35.1 Å². The van der Waals surface area contributed by atoms with Gasteiger partial charge in [0.05, 0.1) is 0 Å². The Morgan fingerprint density at radius 3 is 1.38 bits per heavy atom. The number of hydrogen-bond donors (Lipinski definition) is 3. The Bertz CT molecular complexity index is 282. The maximum atomic E-state index is 10.4. The van der Waals surface area contributed by atoms with Crippen LogP contribution in [0.5, 0.6) is 0 Å². The van der Waals surface area contributed by atoms with Gasteiger partial charge in [0.2, 0.25) is 0 Å². The second kappa shape index (κ2) is 19.0. The smallest absolute Gasteiger partial charge is 0.303 e. The fraction of sp³-hybridized carbons (Fsp3) is 0.895. The molecule has 24 heavy (non-hydrogen) atoms. The van der Waals surface area contributed by atoms with Gasteiger partial charge in [-0.1, -0.05) is 95.7 Å². The molecule has 142 valence electrons. The Morgan fingerprint density at radius 2 is 1.04 bits per heavy atom. The van der Waals surface area contributed by atoms with Crippen LogP contribution in [-0.4, -0.2) is 21.9 Å². The summed E-state index contributed by atoms with van der Waals surface area (Å²) in [7, 11) is 0. The van der Waals surface area contributed by atoms with Crippen molar-refractivity contribution in [2.45, 2.75) is 103 Å². The number of thiocarbonyl (C=S) groups is 1. The maximum absolute atomic E-state index is 10.4. The van der Waals surface area contributed by atoms with E-state index in [0.717, 1.165) is 19.4 Å². The summed E-state index contributed by atoms with van der Waals surface area (Å²) in [5.41, 5.74) is 0. The van der Waals surface area contributed by atoms with Gasteiger partial charge in [0.15, 0.2) is 0 Å². The molecular formula is C19H37NO2S2. The molecule has 3 nitrogen and oxygen atoms in total. The summed E-state index contributed by atoms with van der Waals surface area (Å²) in [6.45, 7) is 0.960. The predicted molar refractivity (Wildman–Crippen MR) is 111 cm³/mol. The minimum absolute atomic E-state index is 0.334. The minimum Gasteiger partial charge on any atom is -0.481 e. The summed E-state index contributed by atoms with van der Waals surface area (Å²) in [5, 5.41) is 11.6. The van der Waals surface area contributed by atoms with Crippen molar-refractivity contribution in [1.29, 1.82) is 0 Å². The molecule has 0 saturated carbocycles. The van der Waals surface area contributed by atoms with Crippen molar-refractivity contribution in [1.82, 2.24) is 5.32 Å². The second-order valence-corrected chi connectivity index (χ2v) is 7.84. The molecule has 0 heterocycles. The van der Waals surface area contributed by atoms with Crippen LogP contribution in [0.25, 0.3) is 0 Å². The van der Waals surface area contributed by atoms with Gasteiger partial charge in [-0.2, -0.15) is 0 Å². The van der Waals surface area contributed by atoms with Gasteiger partial charge in [0.1, 0.15) is 4.32 Å². The van der Waals surface area contributed by atoms with E-state index in [9.17, 15) is 4.79 Å². The largest absolute Gasteiger partial charge is 0.481 e. The Morgan fingerprint density at radius 1 is 0.708 bits per heavy atom. The fourth-order valence-corrected chi connectivity index (χ4v) is 3.11. The fourth-order valence-electron chi connectivity index (χ4n) is 2.89. The first-order valence-electron chi connectivity index (χ1n) is 9.81. The molecular weight excluding hydrogens is 338 g/mol. The van der Waals surface area contributed by atoms with E-state index in [4.69, 9.17) is 17.3 Å². The summed E-state index contributed by atoms with van der Waals surface area (Å²) in [6, 6.07) is 0. The van der Waals surface area contributed by atoms with Crippen molar-refractivity contribution in [3.63, 3.8) is 0 Å². The Hall–Kier alpha value is -0.290. The zero-order valence-electron chi connectivity index (χ0n) is 15.2. The lowest BCUT2D eigenvalue weighted by molar-refractivity contribution is -0.137. The zero-order valence-corrected chi connectivity index (χ0v) is 16.9. The first-order valence-corrected chi connectivity index (χ1v) is 10.7. The van der Waals surface area contributed by atoms with Crippen molar-refractivity contribution in [2.24, 2.45) is 0 Å². The lowest BCUT2D eigenvalue weighted by Crippen LogP contribution is -2.17. The van der Waals surface area contributed by atoms with E-state index in [1.54, 1.807) is 0 Å². The molecule has 0 unspecified atom stereocenters. The van der Waals surface area contributed by atoms with Gasteiger partial charge >= 0.3 is 5.97 Å². The molecule has 0 aliphatic heterocycles. The summed E-state index contributed by atoms with van der Waals surface area (Å²) >= 11 is 8.88. The molecule has 0 amide bonds. The van der Waals surface area contributed by atoms with Gasteiger partial charge < -0.3 is 10.4 Å². The van der Waals surface area contributed by atoms with Crippen LogP contribution in [0.15, 0.2) is 0 Å². The van der Waals surface area contributed by atoms with Crippen molar-refractivity contribution in [3.05, 3.63) is 0 Å². The molecule has 2 N–H and O–H groups in total. The molecule has 0 rings (SSSR count).